The predicted molar refractivity (Wildman–Crippen MR) is 101 cm³/mol. The zero-order chi connectivity index (χ0) is 18.8. The Bertz CT molecular complexity index is 815. The Morgan fingerprint density at radius 1 is 1.15 bits per heavy atom. The smallest absolute Gasteiger partial charge is 0.277 e. The third-order valence-corrected chi connectivity index (χ3v) is 5.54. The van der Waals surface area contributed by atoms with Crippen molar-refractivity contribution >= 4 is 17.7 Å². The van der Waals surface area contributed by atoms with Crippen LogP contribution in [0.4, 0.5) is 0 Å². The van der Waals surface area contributed by atoms with Gasteiger partial charge in [0.1, 0.15) is 13.2 Å². The van der Waals surface area contributed by atoms with Gasteiger partial charge in [-0.05, 0) is 36.5 Å². The van der Waals surface area contributed by atoms with Crippen LogP contribution in [0.15, 0.2) is 27.8 Å². The minimum Gasteiger partial charge on any atom is -0.486 e. The number of thioether (sulfide) groups is 1. The van der Waals surface area contributed by atoms with E-state index in [0.717, 1.165) is 24.4 Å². The van der Waals surface area contributed by atoms with Crippen molar-refractivity contribution in [2.75, 3.05) is 32.1 Å². The number of hydrogen-bond acceptors (Lipinski definition) is 7. The number of piperidine rings is 1. The van der Waals surface area contributed by atoms with Crippen LogP contribution in [0.3, 0.4) is 0 Å². The summed E-state index contributed by atoms with van der Waals surface area (Å²) in [6.07, 6.45) is 1.18. The number of fused-ring (bicyclic) bond motifs is 1. The van der Waals surface area contributed by atoms with Gasteiger partial charge in [-0.2, -0.15) is 0 Å². The molecule has 2 aliphatic heterocycles. The summed E-state index contributed by atoms with van der Waals surface area (Å²) in [5, 5.41) is 8.54. The maximum Gasteiger partial charge on any atom is 0.277 e. The molecule has 144 valence electrons. The van der Waals surface area contributed by atoms with Crippen molar-refractivity contribution in [3.05, 3.63) is 18.2 Å². The lowest BCUT2D eigenvalue weighted by molar-refractivity contribution is -0.130. The first-order valence-electron chi connectivity index (χ1n) is 9.22. The van der Waals surface area contributed by atoms with Crippen LogP contribution in [0.2, 0.25) is 0 Å². The van der Waals surface area contributed by atoms with Gasteiger partial charge in [0.05, 0.1) is 5.75 Å². The van der Waals surface area contributed by atoms with E-state index in [1.807, 2.05) is 23.1 Å². The second-order valence-corrected chi connectivity index (χ2v) is 8.19. The van der Waals surface area contributed by atoms with Gasteiger partial charge >= 0.3 is 0 Å². The zero-order valence-electron chi connectivity index (χ0n) is 15.5. The lowest BCUT2D eigenvalue weighted by atomic mass is 9.92. The number of aromatic nitrogens is 2. The number of hydrogen-bond donors (Lipinski definition) is 0. The number of rotatable bonds is 4. The van der Waals surface area contributed by atoms with E-state index in [9.17, 15) is 4.79 Å². The van der Waals surface area contributed by atoms with Gasteiger partial charge in [-0.3, -0.25) is 4.79 Å². The van der Waals surface area contributed by atoms with E-state index in [2.05, 4.69) is 24.0 Å². The monoisotopic (exact) mass is 389 g/mol. The molecule has 1 aromatic heterocycles. The molecule has 1 amide bonds. The summed E-state index contributed by atoms with van der Waals surface area (Å²) in [6.45, 7) is 7.13. The molecule has 1 saturated heterocycles. The summed E-state index contributed by atoms with van der Waals surface area (Å²) >= 11 is 1.28. The third-order valence-electron chi connectivity index (χ3n) is 4.74. The molecule has 0 bridgehead atoms. The molecule has 2 aromatic rings. The van der Waals surface area contributed by atoms with Crippen LogP contribution in [0.1, 0.15) is 20.3 Å². The van der Waals surface area contributed by atoms with Gasteiger partial charge in [-0.15, -0.1) is 10.2 Å². The summed E-state index contributed by atoms with van der Waals surface area (Å²) in [7, 11) is 0. The van der Waals surface area contributed by atoms with Crippen LogP contribution in [0.5, 0.6) is 11.5 Å². The van der Waals surface area contributed by atoms with E-state index in [0.29, 0.717) is 47.7 Å². The van der Waals surface area contributed by atoms with Gasteiger partial charge in [0.2, 0.25) is 11.8 Å². The van der Waals surface area contributed by atoms with Gasteiger partial charge in [-0.1, -0.05) is 25.6 Å². The minimum atomic E-state index is 0.123. The van der Waals surface area contributed by atoms with E-state index in [4.69, 9.17) is 13.9 Å². The first kappa shape index (κ1) is 18.2. The average Bonchev–Trinajstić information content (AvgIpc) is 3.14. The van der Waals surface area contributed by atoms with E-state index in [1.54, 1.807) is 0 Å². The van der Waals surface area contributed by atoms with Crippen molar-refractivity contribution in [2.45, 2.75) is 25.5 Å². The topological polar surface area (TPSA) is 77.7 Å². The zero-order valence-corrected chi connectivity index (χ0v) is 16.3. The molecule has 27 heavy (non-hydrogen) atoms. The highest BCUT2D eigenvalue weighted by Crippen LogP contribution is 2.34. The van der Waals surface area contributed by atoms with E-state index in [1.165, 1.54) is 18.2 Å². The maximum atomic E-state index is 12.5. The molecule has 1 aromatic carbocycles. The van der Waals surface area contributed by atoms with Crippen molar-refractivity contribution in [2.24, 2.45) is 11.8 Å². The molecule has 1 fully saturated rings. The number of nitrogens with zero attached hydrogens (tertiary/aromatic N) is 3. The van der Waals surface area contributed by atoms with Crippen molar-refractivity contribution in [3.63, 3.8) is 0 Å². The Labute approximate surface area is 162 Å². The lowest BCUT2D eigenvalue weighted by Crippen LogP contribution is -2.43. The molecule has 0 saturated carbocycles. The fraction of sp³-hybridized carbons (Fsp3) is 0.526. The number of carbonyl (C=O) groups is 1. The van der Waals surface area contributed by atoms with Gasteiger partial charge in [-0.25, -0.2) is 0 Å². The number of amides is 1. The number of benzene rings is 1. The van der Waals surface area contributed by atoms with Crippen LogP contribution < -0.4 is 9.47 Å². The summed E-state index contributed by atoms with van der Waals surface area (Å²) < 4.78 is 16.8. The Morgan fingerprint density at radius 2 is 1.89 bits per heavy atom. The highest BCUT2D eigenvalue weighted by molar-refractivity contribution is 7.99. The van der Waals surface area contributed by atoms with Crippen LogP contribution in [0.25, 0.3) is 11.5 Å². The quantitative estimate of drug-likeness (QED) is 0.744. The summed E-state index contributed by atoms with van der Waals surface area (Å²) in [5.41, 5.74) is 0.767. The molecule has 0 spiro atoms. The molecule has 2 aliphatic rings. The van der Waals surface area contributed by atoms with Crippen LogP contribution in [0, 0.1) is 11.8 Å². The first-order valence-corrected chi connectivity index (χ1v) is 10.2. The van der Waals surface area contributed by atoms with Gasteiger partial charge < -0.3 is 18.8 Å². The molecule has 0 radical (unpaired) electrons. The third kappa shape index (κ3) is 4.21. The highest BCUT2D eigenvalue weighted by Gasteiger charge is 2.25. The Morgan fingerprint density at radius 3 is 2.67 bits per heavy atom. The molecule has 3 heterocycles. The van der Waals surface area contributed by atoms with Gasteiger partial charge in [0, 0.05) is 18.7 Å². The van der Waals surface area contributed by atoms with E-state index < -0.39 is 0 Å². The fourth-order valence-electron chi connectivity index (χ4n) is 3.64. The van der Waals surface area contributed by atoms with E-state index in [-0.39, 0.29) is 5.91 Å². The molecule has 7 nitrogen and oxygen atoms in total. The molecule has 2 unspecified atom stereocenters. The van der Waals surface area contributed by atoms with Crippen LogP contribution in [-0.4, -0.2) is 53.1 Å². The second-order valence-electron chi connectivity index (χ2n) is 7.27. The standard InChI is InChI=1S/C19H23N3O4S/c1-12-7-13(2)10-22(9-12)17(23)11-27-19-21-20-18(26-19)14-3-4-15-16(8-14)25-6-5-24-15/h3-4,8,12-13H,5-7,9-11H2,1-2H3. The van der Waals surface area contributed by atoms with Crippen molar-refractivity contribution in [1.82, 2.24) is 15.1 Å². The molecular formula is C19H23N3O4S. The average molecular weight is 389 g/mol. The van der Waals surface area contributed by atoms with Gasteiger partial charge in [0.15, 0.2) is 11.5 Å². The molecule has 0 aliphatic carbocycles. The number of likely N-dealkylation sites (tertiary alicyclic amines) is 1. The van der Waals surface area contributed by atoms with Crippen molar-refractivity contribution in [1.29, 1.82) is 0 Å². The normalized spacial score (nSPS) is 21.9. The van der Waals surface area contributed by atoms with Crippen LogP contribution in [-0.2, 0) is 4.79 Å². The Balaban J connectivity index is 1.38. The largest absolute Gasteiger partial charge is 0.486 e. The number of carbonyl (C=O) groups excluding carboxylic acids is 1. The molecule has 0 N–H and O–H groups in total. The lowest BCUT2D eigenvalue weighted by Gasteiger charge is -2.34. The maximum absolute atomic E-state index is 12.5. The molecular weight excluding hydrogens is 366 g/mol. The Hall–Kier alpha value is -2.22. The molecule has 8 heteroatoms. The van der Waals surface area contributed by atoms with Crippen LogP contribution >= 0.6 is 11.8 Å². The molecule has 2 atom stereocenters. The summed E-state index contributed by atoms with van der Waals surface area (Å²) in [4.78, 5) is 14.4. The fourth-order valence-corrected chi connectivity index (χ4v) is 4.31. The highest BCUT2D eigenvalue weighted by atomic mass is 32.2. The minimum absolute atomic E-state index is 0.123. The predicted octanol–water partition coefficient (Wildman–Crippen LogP) is 3.10. The number of ether oxygens (including phenoxy) is 2. The van der Waals surface area contributed by atoms with E-state index >= 15 is 0 Å². The summed E-state index contributed by atoms with van der Waals surface area (Å²) in [6, 6.07) is 5.53. The SMILES string of the molecule is CC1CC(C)CN(C(=O)CSc2nnc(-c3ccc4c(c3)OCCO4)o2)C1. The first-order chi connectivity index (χ1) is 13.1. The van der Waals surface area contributed by atoms with Crippen molar-refractivity contribution in [3.8, 4) is 23.0 Å². The summed E-state index contributed by atoms with van der Waals surface area (Å²) in [5.74, 6) is 3.33. The van der Waals surface area contributed by atoms with Gasteiger partial charge in [0.25, 0.3) is 5.22 Å². The van der Waals surface area contributed by atoms with Crippen molar-refractivity contribution < 1.29 is 18.7 Å². The molecule has 4 rings (SSSR count). The Kier molecular flexibility index (Phi) is 5.24. The second kappa shape index (κ2) is 7.80.